The van der Waals surface area contributed by atoms with Gasteiger partial charge in [-0.1, -0.05) is 54.1 Å². The van der Waals surface area contributed by atoms with Crippen LogP contribution in [0.15, 0.2) is 47.3 Å². The minimum absolute atomic E-state index is 0.125. The van der Waals surface area contributed by atoms with E-state index < -0.39 is 0 Å². The fraction of sp³-hybridized carbons (Fsp3) is 0.208. The van der Waals surface area contributed by atoms with Crippen molar-refractivity contribution in [1.29, 1.82) is 0 Å². The molecule has 1 aliphatic rings. The van der Waals surface area contributed by atoms with Crippen LogP contribution in [-0.4, -0.2) is 10.1 Å². The third kappa shape index (κ3) is 2.90. The number of aryl methyl sites for hydroxylation is 2. The maximum Gasteiger partial charge on any atom is 0.257 e. The Morgan fingerprint density at radius 3 is 2.59 bits per heavy atom. The molecule has 2 aromatic carbocycles. The number of phenolic OH excluding ortho intramolecular Hbond substituents is 1. The number of aromatic nitrogens is 1. The molecular weight excluding hydrogens is 402 g/mol. The summed E-state index contributed by atoms with van der Waals surface area (Å²) in [5, 5.41) is 12.0. The SMILES string of the molecule is Cc1c(-c2ccccc2)c(=O)[nH]c2sc(Cl)c(-c3ccc4c(c3O)CCCC4)c12. The molecule has 0 saturated heterocycles. The van der Waals surface area contributed by atoms with Crippen molar-refractivity contribution in [3.05, 3.63) is 73.8 Å². The number of hydrogen-bond donors (Lipinski definition) is 2. The molecule has 1 aliphatic carbocycles. The zero-order valence-corrected chi connectivity index (χ0v) is 17.6. The first-order chi connectivity index (χ1) is 14.1. The molecule has 0 spiro atoms. The number of halogens is 1. The van der Waals surface area contributed by atoms with E-state index in [1.807, 2.05) is 43.3 Å². The quantitative estimate of drug-likeness (QED) is 0.389. The van der Waals surface area contributed by atoms with Gasteiger partial charge in [-0.25, -0.2) is 0 Å². The molecule has 3 nitrogen and oxygen atoms in total. The number of pyridine rings is 1. The van der Waals surface area contributed by atoms with Crippen LogP contribution in [0.2, 0.25) is 4.34 Å². The van der Waals surface area contributed by atoms with Crippen molar-refractivity contribution < 1.29 is 5.11 Å². The van der Waals surface area contributed by atoms with Crippen molar-refractivity contribution in [1.82, 2.24) is 4.98 Å². The zero-order valence-electron chi connectivity index (χ0n) is 16.0. The van der Waals surface area contributed by atoms with E-state index in [2.05, 4.69) is 11.1 Å². The predicted octanol–water partition coefficient (Wildman–Crippen LogP) is 6.47. The third-order valence-corrected chi connectivity index (χ3v) is 7.22. The first kappa shape index (κ1) is 18.5. The van der Waals surface area contributed by atoms with Crippen LogP contribution >= 0.6 is 22.9 Å². The van der Waals surface area contributed by atoms with Crippen LogP contribution in [0.3, 0.4) is 0 Å². The molecule has 0 amide bonds. The van der Waals surface area contributed by atoms with Gasteiger partial charge in [-0.15, -0.1) is 11.3 Å². The summed E-state index contributed by atoms with van der Waals surface area (Å²) in [4.78, 5) is 16.6. The minimum atomic E-state index is -0.125. The molecule has 5 rings (SSSR count). The Balaban J connectivity index is 1.82. The van der Waals surface area contributed by atoms with E-state index in [9.17, 15) is 9.90 Å². The first-order valence-corrected chi connectivity index (χ1v) is 11.0. The summed E-state index contributed by atoms with van der Waals surface area (Å²) in [5.74, 6) is 0.329. The van der Waals surface area contributed by atoms with Crippen molar-refractivity contribution in [3.63, 3.8) is 0 Å². The minimum Gasteiger partial charge on any atom is -0.507 e. The fourth-order valence-corrected chi connectivity index (χ4v) is 5.94. The van der Waals surface area contributed by atoms with Crippen LogP contribution in [-0.2, 0) is 12.8 Å². The zero-order chi connectivity index (χ0) is 20.1. The van der Waals surface area contributed by atoms with Crippen molar-refractivity contribution >= 4 is 33.2 Å². The molecule has 0 fully saturated rings. The Morgan fingerprint density at radius 2 is 1.79 bits per heavy atom. The summed E-state index contributed by atoms with van der Waals surface area (Å²) >= 11 is 8.02. The van der Waals surface area contributed by atoms with Crippen LogP contribution in [0.1, 0.15) is 29.5 Å². The molecule has 0 bridgehead atoms. The monoisotopic (exact) mass is 421 g/mol. The smallest absolute Gasteiger partial charge is 0.257 e. The molecule has 5 heteroatoms. The number of fused-ring (bicyclic) bond motifs is 2. The predicted molar refractivity (Wildman–Crippen MR) is 121 cm³/mol. The van der Waals surface area contributed by atoms with E-state index in [4.69, 9.17) is 11.6 Å². The number of aromatic amines is 1. The lowest BCUT2D eigenvalue weighted by atomic mass is 9.87. The van der Waals surface area contributed by atoms with Crippen LogP contribution in [0.4, 0.5) is 0 Å². The lowest BCUT2D eigenvalue weighted by molar-refractivity contribution is 0.464. The van der Waals surface area contributed by atoms with Crippen molar-refractivity contribution in [2.24, 2.45) is 0 Å². The Bertz CT molecular complexity index is 1300. The Hall–Kier alpha value is -2.56. The fourth-order valence-electron chi connectivity index (χ4n) is 4.51. The number of phenols is 1. The average Bonchev–Trinajstić information content (AvgIpc) is 3.05. The molecule has 2 heterocycles. The van der Waals surface area contributed by atoms with Gasteiger partial charge in [0.05, 0.1) is 5.56 Å². The van der Waals surface area contributed by atoms with Gasteiger partial charge in [-0.05, 0) is 54.9 Å². The summed E-state index contributed by atoms with van der Waals surface area (Å²) < 4.78 is 0.579. The molecule has 146 valence electrons. The van der Waals surface area contributed by atoms with Gasteiger partial charge in [-0.2, -0.15) is 0 Å². The first-order valence-electron chi connectivity index (χ1n) is 9.80. The lowest BCUT2D eigenvalue weighted by Gasteiger charge is -2.19. The normalized spacial score (nSPS) is 13.6. The summed E-state index contributed by atoms with van der Waals surface area (Å²) in [6.07, 6.45) is 4.15. The van der Waals surface area contributed by atoms with Gasteiger partial charge < -0.3 is 10.1 Å². The number of benzene rings is 2. The number of H-pyrrole nitrogens is 1. The Kier molecular flexibility index (Phi) is 4.49. The second kappa shape index (κ2) is 7.05. The van der Waals surface area contributed by atoms with E-state index >= 15 is 0 Å². The highest BCUT2D eigenvalue weighted by atomic mass is 35.5. The molecule has 29 heavy (non-hydrogen) atoms. The number of hydrogen-bond acceptors (Lipinski definition) is 3. The standard InChI is InChI=1S/C24H20ClNO2S/c1-13-18(15-8-3-2-4-9-15)23(28)26-24-19(13)20(22(25)29-24)17-12-11-14-7-5-6-10-16(14)21(17)27/h2-4,8-9,11-12,27H,5-7,10H2,1H3,(H,26,28). The molecule has 2 N–H and O–H groups in total. The third-order valence-electron chi connectivity index (χ3n) is 5.90. The molecule has 2 aromatic heterocycles. The van der Waals surface area contributed by atoms with Gasteiger partial charge in [0, 0.05) is 16.5 Å². The summed E-state index contributed by atoms with van der Waals surface area (Å²) in [6, 6.07) is 13.7. The molecule has 0 atom stereocenters. The van der Waals surface area contributed by atoms with Crippen molar-refractivity contribution in [2.75, 3.05) is 0 Å². The highest BCUT2D eigenvalue weighted by Gasteiger charge is 2.24. The summed E-state index contributed by atoms with van der Waals surface area (Å²) in [6.45, 7) is 1.96. The summed E-state index contributed by atoms with van der Waals surface area (Å²) in [5.41, 5.74) is 6.09. The highest BCUT2D eigenvalue weighted by molar-refractivity contribution is 7.23. The maximum atomic E-state index is 12.8. The topological polar surface area (TPSA) is 53.1 Å². The van der Waals surface area contributed by atoms with Crippen LogP contribution < -0.4 is 5.56 Å². The van der Waals surface area contributed by atoms with Gasteiger partial charge in [0.25, 0.3) is 5.56 Å². The second-order valence-corrected chi connectivity index (χ2v) is 9.20. The second-order valence-electron chi connectivity index (χ2n) is 7.58. The number of nitrogens with one attached hydrogen (secondary N) is 1. The van der Waals surface area contributed by atoms with Gasteiger partial charge in [0.15, 0.2) is 0 Å². The molecule has 0 aliphatic heterocycles. The van der Waals surface area contributed by atoms with Crippen molar-refractivity contribution in [2.45, 2.75) is 32.6 Å². The van der Waals surface area contributed by atoms with E-state index in [1.54, 1.807) is 0 Å². The average molecular weight is 422 g/mol. The van der Waals surface area contributed by atoms with Gasteiger partial charge in [0.2, 0.25) is 0 Å². The van der Waals surface area contributed by atoms with Gasteiger partial charge in [0.1, 0.15) is 14.9 Å². The Morgan fingerprint density at radius 1 is 1.03 bits per heavy atom. The van der Waals surface area contributed by atoms with Crippen LogP contribution in [0.25, 0.3) is 32.5 Å². The molecule has 0 saturated carbocycles. The summed E-state index contributed by atoms with van der Waals surface area (Å²) in [7, 11) is 0. The van der Waals surface area contributed by atoms with Gasteiger partial charge >= 0.3 is 0 Å². The largest absolute Gasteiger partial charge is 0.507 e. The highest BCUT2D eigenvalue weighted by Crippen LogP contribution is 2.48. The van der Waals surface area contributed by atoms with Crippen molar-refractivity contribution in [3.8, 4) is 28.0 Å². The molecular formula is C24H20ClNO2S. The van der Waals surface area contributed by atoms with E-state index in [1.165, 1.54) is 16.9 Å². The number of aromatic hydroxyl groups is 1. The lowest BCUT2D eigenvalue weighted by Crippen LogP contribution is -2.10. The number of thiophene rings is 1. The van der Waals surface area contributed by atoms with E-state index in [0.29, 0.717) is 15.6 Å². The van der Waals surface area contributed by atoms with Gasteiger partial charge in [-0.3, -0.25) is 4.79 Å². The van der Waals surface area contributed by atoms with E-state index in [-0.39, 0.29) is 5.56 Å². The van der Waals surface area contributed by atoms with Crippen LogP contribution in [0, 0.1) is 6.92 Å². The maximum absolute atomic E-state index is 12.8. The molecule has 4 aromatic rings. The molecule has 0 radical (unpaired) electrons. The number of rotatable bonds is 2. The Labute approximate surface area is 177 Å². The van der Waals surface area contributed by atoms with Crippen LogP contribution in [0.5, 0.6) is 5.75 Å². The molecule has 0 unspecified atom stereocenters. The van der Waals surface area contributed by atoms with E-state index in [0.717, 1.165) is 63.7 Å².